The molecule has 0 saturated carbocycles. The van der Waals surface area contributed by atoms with Crippen molar-refractivity contribution < 1.29 is 14.0 Å². The third-order valence-electron chi connectivity index (χ3n) is 4.70. The van der Waals surface area contributed by atoms with Gasteiger partial charge in [0.2, 0.25) is 19.5 Å². The molecule has 1 N–H and O–H groups in total. The molecule has 0 saturated heterocycles. The lowest BCUT2D eigenvalue weighted by Gasteiger charge is -2.38. The van der Waals surface area contributed by atoms with Crippen molar-refractivity contribution in [3.8, 4) is 0 Å². The summed E-state index contributed by atoms with van der Waals surface area (Å²) in [6.07, 6.45) is -0.497. The molecule has 0 fully saturated rings. The summed E-state index contributed by atoms with van der Waals surface area (Å²) in [5, 5.41) is 12.1. The molecule has 2 rings (SSSR count). The zero-order valence-electron chi connectivity index (χ0n) is 15.9. The highest BCUT2D eigenvalue weighted by Gasteiger charge is 2.38. The van der Waals surface area contributed by atoms with Crippen molar-refractivity contribution in [2.45, 2.75) is 59.6 Å². The molecule has 2 aromatic rings. The fraction of sp³-hybridized carbons (Fsp3) is 0.526. The average Bonchev–Trinajstić information content (AvgIpc) is 2.56. The maximum atomic E-state index is 11.0. The molecule has 0 aliphatic carbocycles. The summed E-state index contributed by atoms with van der Waals surface area (Å²) < 4.78 is 11.5. The molecule has 6 heteroatoms. The summed E-state index contributed by atoms with van der Waals surface area (Å²) in [5.41, 5.74) is 3.71. The predicted octanol–water partition coefficient (Wildman–Crippen LogP) is 3.48. The van der Waals surface area contributed by atoms with E-state index in [0.717, 1.165) is 22.2 Å². The van der Waals surface area contributed by atoms with Crippen molar-refractivity contribution in [3.63, 3.8) is 0 Å². The lowest BCUT2D eigenvalue weighted by atomic mass is 9.82. The number of aryl methyl sites for hydroxylation is 2. The van der Waals surface area contributed by atoms with Crippen LogP contribution in [0.15, 0.2) is 24.3 Å². The number of pyridine rings is 1. The van der Waals surface area contributed by atoms with Gasteiger partial charge in [-0.15, -0.1) is 0 Å². The van der Waals surface area contributed by atoms with Crippen molar-refractivity contribution >= 4 is 30.4 Å². The number of hydrogen-bond acceptors (Lipinski definition) is 4. The Morgan fingerprint density at radius 3 is 2.40 bits per heavy atom. The van der Waals surface area contributed by atoms with Crippen LogP contribution in [0.4, 0.5) is 0 Å². The van der Waals surface area contributed by atoms with Crippen molar-refractivity contribution in [2.75, 3.05) is 0 Å². The number of nitrogens with zero attached hydrogens (tertiary/aromatic N) is 1. The number of aliphatic hydroxyl groups is 1. The van der Waals surface area contributed by atoms with Crippen molar-refractivity contribution in [1.82, 2.24) is 4.98 Å². The van der Waals surface area contributed by atoms with E-state index >= 15 is 0 Å². The van der Waals surface area contributed by atoms with Gasteiger partial charge in [0.25, 0.3) is 0 Å². The minimum atomic E-state index is -0.598. The van der Waals surface area contributed by atoms with Gasteiger partial charge in [-0.25, -0.2) is 0 Å². The Kier molecular flexibility index (Phi) is 6.93. The zero-order valence-corrected chi connectivity index (χ0v) is 17.9. The lowest BCUT2D eigenvalue weighted by Crippen LogP contribution is -2.45. The Labute approximate surface area is 155 Å². The molecule has 1 unspecified atom stereocenters. The zero-order chi connectivity index (χ0) is 18.6. The first kappa shape index (κ1) is 20.3. The molecule has 1 atom stereocenters. The SMILES string of the molecule is C[Si]OC(O[Si]C)C(C)(C)C(O)Cc1cccc2cc(C)c(C)nc12. The van der Waals surface area contributed by atoms with Crippen LogP contribution in [-0.2, 0) is 15.3 Å². The van der Waals surface area contributed by atoms with Gasteiger partial charge in [-0.3, -0.25) is 4.98 Å². The highest BCUT2D eigenvalue weighted by atomic mass is 28.2. The minimum absolute atomic E-state index is 0.319. The van der Waals surface area contributed by atoms with Crippen molar-refractivity contribution in [2.24, 2.45) is 5.41 Å². The Hall–Kier alpha value is -1.06. The van der Waals surface area contributed by atoms with Crippen LogP contribution in [0.5, 0.6) is 0 Å². The second kappa shape index (κ2) is 8.55. The monoisotopic (exact) mass is 373 g/mol. The first-order valence-corrected chi connectivity index (χ1v) is 11.3. The highest BCUT2D eigenvalue weighted by Crippen LogP contribution is 2.32. The molecule has 1 heterocycles. The number of fused-ring (bicyclic) bond motifs is 1. The fourth-order valence-electron chi connectivity index (χ4n) is 2.79. The Bertz CT molecular complexity index is 715. The lowest BCUT2D eigenvalue weighted by molar-refractivity contribution is -0.129. The maximum Gasteiger partial charge on any atom is 0.229 e. The van der Waals surface area contributed by atoms with Gasteiger partial charge in [-0.2, -0.15) is 0 Å². The first-order chi connectivity index (χ1) is 11.8. The van der Waals surface area contributed by atoms with Gasteiger partial charge in [0.05, 0.1) is 11.6 Å². The smallest absolute Gasteiger partial charge is 0.229 e. The number of hydrogen-bond donors (Lipinski definition) is 1. The largest absolute Gasteiger partial charge is 0.394 e. The fourth-order valence-corrected chi connectivity index (χ4v) is 4.02. The van der Waals surface area contributed by atoms with E-state index in [1.54, 1.807) is 0 Å². The predicted molar refractivity (Wildman–Crippen MR) is 104 cm³/mol. The third-order valence-corrected chi connectivity index (χ3v) is 5.60. The molecule has 0 spiro atoms. The number of rotatable bonds is 8. The van der Waals surface area contributed by atoms with Gasteiger partial charge in [0.1, 0.15) is 6.29 Å². The van der Waals surface area contributed by atoms with Crippen LogP contribution >= 0.6 is 0 Å². The number of benzene rings is 1. The molecule has 4 nitrogen and oxygen atoms in total. The highest BCUT2D eigenvalue weighted by molar-refractivity contribution is 6.26. The summed E-state index contributed by atoms with van der Waals surface area (Å²) in [5.74, 6) is 0. The summed E-state index contributed by atoms with van der Waals surface area (Å²) >= 11 is 0. The van der Waals surface area contributed by atoms with Gasteiger partial charge < -0.3 is 14.0 Å². The first-order valence-electron chi connectivity index (χ1n) is 8.50. The van der Waals surface area contributed by atoms with E-state index in [1.165, 1.54) is 5.56 Å². The molecule has 0 amide bonds. The number of aromatic nitrogens is 1. The van der Waals surface area contributed by atoms with E-state index < -0.39 is 17.8 Å². The van der Waals surface area contributed by atoms with Gasteiger partial charge in [0, 0.05) is 22.9 Å². The van der Waals surface area contributed by atoms with Gasteiger partial charge in [0.15, 0.2) is 0 Å². The van der Waals surface area contributed by atoms with E-state index in [1.807, 2.05) is 46.0 Å². The summed E-state index contributed by atoms with van der Waals surface area (Å²) in [6, 6.07) is 8.30. The van der Waals surface area contributed by atoms with Gasteiger partial charge in [-0.1, -0.05) is 32.0 Å². The van der Waals surface area contributed by atoms with Gasteiger partial charge >= 0.3 is 0 Å². The van der Waals surface area contributed by atoms with Crippen LogP contribution in [-0.4, -0.2) is 42.0 Å². The molecule has 134 valence electrons. The van der Waals surface area contributed by atoms with Crippen LogP contribution in [0.3, 0.4) is 0 Å². The van der Waals surface area contributed by atoms with Crippen LogP contribution in [0.2, 0.25) is 13.1 Å². The molecule has 0 aliphatic heterocycles. The molecular formula is C19H27NO3Si2. The molecule has 25 heavy (non-hydrogen) atoms. The quantitative estimate of drug-likeness (QED) is 0.568. The second-order valence-electron chi connectivity index (χ2n) is 6.90. The molecule has 0 aliphatic rings. The molecule has 1 aromatic carbocycles. The Morgan fingerprint density at radius 1 is 1.16 bits per heavy atom. The van der Waals surface area contributed by atoms with Crippen LogP contribution in [0.25, 0.3) is 10.9 Å². The maximum absolute atomic E-state index is 11.0. The number of aliphatic hydroxyl groups excluding tert-OH is 1. The summed E-state index contributed by atoms with van der Waals surface area (Å²) in [7, 11) is 0.639. The van der Waals surface area contributed by atoms with Crippen LogP contribution in [0.1, 0.15) is 30.7 Å². The number of para-hydroxylation sites is 1. The minimum Gasteiger partial charge on any atom is -0.394 e. The van der Waals surface area contributed by atoms with E-state index in [0.29, 0.717) is 25.9 Å². The average molecular weight is 374 g/mol. The standard InChI is InChI=1S/C19H27NO3Si2/c1-12-10-14-8-7-9-15(17(14)20-13(12)2)11-16(21)19(3,4)18(22-24-5)23-25-6/h7-10,16,18,21H,11H2,1-6H3. The van der Waals surface area contributed by atoms with E-state index in [4.69, 9.17) is 13.8 Å². The Balaban J connectivity index is 2.31. The summed E-state index contributed by atoms with van der Waals surface area (Å²) in [6.45, 7) is 12.0. The second-order valence-corrected chi connectivity index (χ2v) is 8.18. The van der Waals surface area contributed by atoms with Crippen LogP contribution in [0, 0.1) is 19.3 Å². The van der Waals surface area contributed by atoms with E-state index in [2.05, 4.69) is 19.1 Å². The van der Waals surface area contributed by atoms with E-state index in [9.17, 15) is 5.11 Å². The summed E-state index contributed by atoms with van der Waals surface area (Å²) in [4.78, 5) is 4.76. The van der Waals surface area contributed by atoms with E-state index in [-0.39, 0.29) is 0 Å². The van der Waals surface area contributed by atoms with Crippen LogP contribution < -0.4 is 0 Å². The van der Waals surface area contributed by atoms with Crippen molar-refractivity contribution in [1.29, 1.82) is 0 Å². The third kappa shape index (κ3) is 4.57. The topological polar surface area (TPSA) is 51.6 Å². The van der Waals surface area contributed by atoms with Gasteiger partial charge in [-0.05, 0) is 44.1 Å². The molecule has 4 radical (unpaired) electrons. The van der Waals surface area contributed by atoms with Crippen molar-refractivity contribution in [3.05, 3.63) is 41.1 Å². The molecular weight excluding hydrogens is 346 g/mol. The molecule has 1 aromatic heterocycles. The Morgan fingerprint density at radius 2 is 1.80 bits per heavy atom. The molecule has 0 bridgehead atoms. The normalized spacial score (nSPS) is 13.6.